The molecular formula is C19H17ClF3N3O. The van der Waals surface area contributed by atoms with Crippen LogP contribution in [0.25, 0.3) is 0 Å². The molecule has 1 aliphatic heterocycles. The molecule has 1 unspecified atom stereocenters. The first-order valence-corrected chi connectivity index (χ1v) is 8.67. The summed E-state index contributed by atoms with van der Waals surface area (Å²) in [6, 6.07) is 12.1. The Morgan fingerprint density at radius 3 is 2.41 bits per heavy atom. The molecule has 1 aliphatic rings. The normalized spacial score (nSPS) is 16.6. The number of hydrogen-bond acceptors (Lipinski definition) is 4. The maximum atomic E-state index is 12.7. The fourth-order valence-electron chi connectivity index (χ4n) is 2.64. The molecular weight excluding hydrogens is 379 g/mol. The van der Waals surface area contributed by atoms with E-state index in [0.717, 1.165) is 17.9 Å². The highest BCUT2D eigenvalue weighted by molar-refractivity contribution is 6.30. The van der Waals surface area contributed by atoms with Gasteiger partial charge in [0.1, 0.15) is 18.3 Å². The Morgan fingerprint density at radius 2 is 1.74 bits per heavy atom. The molecule has 0 aromatic heterocycles. The standard InChI is InChI=1S/C19H17ClF3N3O/c20-16-6-8-17(9-7-16)27-11-1-10-26-13-24-12-25-18(26)14-2-4-15(5-3-14)19(21,22)23/h2-9,12-13,18H,1,10-11H2. The molecule has 0 aliphatic carbocycles. The first-order chi connectivity index (χ1) is 12.9. The molecule has 0 N–H and O–H groups in total. The van der Waals surface area contributed by atoms with E-state index >= 15 is 0 Å². The summed E-state index contributed by atoms with van der Waals surface area (Å²) in [5, 5.41) is 0.643. The topological polar surface area (TPSA) is 37.2 Å². The van der Waals surface area contributed by atoms with E-state index < -0.39 is 17.9 Å². The average Bonchev–Trinajstić information content (AvgIpc) is 2.66. The molecule has 3 rings (SSSR count). The van der Waals surface area contributed by atoms with Gasteiger partial charge in [-0.3, -0.25) is 0 Å². The van der Waals surface area contributed by atoms with Gasteiger partial charge in [-0.05, 0) is 48.4 Å². The molecule has 1 heterocycles. The van der Waals surface area contributed by atoms with Crippen LogP contribution in [0.2, 0.25) is 5.02 Å². The molecule has 0 saturated carbocycles. The van der Waals surface area contributed by atoms with E-state index in [1.54, 1.807) is 30.6 Å². The van der Waals surface area contributed by atoms with Crippen molar-refractivity contribution in [3.05, 3.63) is 64.7 Å². The molecule has 2 aromatic rings. The minimum absolute atomic E-state index is 0.402. The number of halogens is 4. The lowest BCUT2D eigenvalue weighted by Crippen LogP contribution is -2.30. The molecule has 4 nitrogen and oxygen atoms in total. The molecule has 2 aromatic carbocycles. The van der Waals surface area contributed by atoms with Gasteiger partial charge in [0.05, 0.1) is 18.5 Å². The number of rotatable bonds is 6. The van der Waals surface area contributed by atoms with Gasteiger partial charge in [0.2, 0.25) is 0 Å². The van der Waals surface area contributed by atoms with Crippen LogP contribution in [0.4, 0.5) is 13.2 Å². The van der Waals surface area contributed by atoms with Crippen molar-refractivity contribution in [3.8, 4) is 5.75 Å². The zero-order valence-electron chi connectivity index (χ0n) is 14.2. The number of benzene rings is 2. The van der Waals surface area contributed by atoms with Gasteiger partial charge in [-0.25, -0.2) is 9.98 Å². The van der Waals surface area contributed by atoms with E-state index in [-0.39, 0.29) is 0 Å². The molecule has 142 valence electrons. The molecule has 1 atom stereocenters. The highest BCUT2D eigenvalue weighted by Gasteiger charge is 2.30. The second-order valence-electron chi connectivity index (χ2n) is 5.92. The van der Waals surface area contributed by atoms with Crippen molar-refractivity contribution in [2.24, 2.45) is 9.98 Å². The second-order valence-corrected chi connectivity index (χ2v) is 6.35. The number of aliphatic imine (C=N–C) groups is 2. The maximum Gasteiger partial charge on any atom is 0.416 e. The van der Waals surface area contributed by atoms with Gasteiger partial charge in [0.25, 0.3) is 0 Å². The van der Waals surface area contributed by atoms with Gasteiger partial charge in [0.15, 0.2) is 0 Å². The van der Waals surface area contributed by atoms with Crippen LogP contribution in [0.15, 0.2) is 58.5 Å². The predicted octanol–water partition coefficient (Wildman–Crippen LogP) is 5.20. The van der Waals surface area contributed by atoms with Crippen LogP contribution >= 0.6 is 11.6 Å². The third-order valence-corrected chi connectivity index (χ3v) is 4.23. The van der Waals surface area contributed by atoms with E-state index in [9.17, 15) is 13.2 Å². The summed E-state index contributed by atoms with van der Waals surface area (Å²) >= 11 is 5.83. The van der Waals surface area contributed by atoms with Gasteiger partial charge in [-0.15, -0.1) is 0 Å². The smallest absolute Gasteiger partial charge is 0.416 e. The predicted molar refractivity (Wildman–Crippen MR) is 99.4 cm³/mol. The minimum Gasteiger partial charge on any atom is -0.494 e. The van der Waals surface area contributed by atoms with E-state index in [4.69, 9.17) is 16.3 Å². The molecule has 0 spiro atoms. The summed E-state index contributed by atoms with van der Waals surface area (Å²) in [5.74, 6) is 0.726. The quantitative estimate of drug-likeness (QED) is 0.630. The highest BCUT2D eigenvalue weighted by Crippen LogP contribution is 2.31. The molecule has 27 heavy (non-hydrogen) atoms. The van der Waals surface area contributed by atoms with Crippen molar-refractivity contribution in [3.63, 3.8) is 0 Å². The van der Waals surface area contributed by atoms with Crippen LogP contribution in [0, 0.1) is 0 Å². The second kappa shape index (κ2) is 8.43. The first kappa shape index (κ1) is 19.2. The van der Waals surface area contributed by atoms with Crippen molar-refractivity contribution in [1.29, 1.82) is 0 Å². The van der Waals surface area contributed by atoms with Crippen molar-refractivity contribution in [2.75, 3.05) is 13.2 Å². The van der Waals surface area contributed by atoms with E-state index in [1.165, 1.54) is 18.5 Å². The van der Waals surface area contributed by atoms with Crippen LogP contribution in [-0.2, 0) is 6.18 Å². The Kier molecular flexibility index (Phi) is 6.01. The Labute approximate surface area is 160 Å². The van der Waals surface area contributed by atoms with Crippen molar-refractivity contribution >= 4 is 24.3 Å². The zero-order chi connectivity index (χ0) is 19.3. The molecule has 8 heteroatoms. The third kappa shape index (κ3) is 5.23. The Hall–Kier alpha value is -2.54. The summed E-state index contributed by atoms with van der Waals surface area (Å²) in [5.41, 5.74) is -0.00774. The number of alkyl halides is 3. The fourth-order valence-corrected chi connectivity index (χ4v) is 2.76. The lowest BCUT2D eigenvalue weighted by atomic mass is 10.1. The van der Waals surface area contributed by atoms with Crippen LogP contribution in [-0.4, -0.2) is 30.7 Å². The van der Waals surface area contributed by atoms with Crippen molar-refractivity contribution in [2.45, 2.75) is 18.8 Å². The van der Waals surface area contributed by atoms with Gasteiger partial charge in [-0.1, -0.05) is 23.7 Å². The largest absolute Gasteiger partial charge is 0.494 e. The summed E-state index contributed by atoms with van der Waals surface area (Å²) in [4.78, 5) is 10.2. The van der Waals surface area contributed by atoms with Crippen LogP contribution in [0.3, 0.4) is 0 Å². The summed E-state index contributed by atoms with van der Waals surface area (Å²) in [6.07, 6.45) is -1.02. The average molecular weight is 396 g/mol. The lowest BCUT2D eigenvalue weighted by Gasteiger charge is -2.29. The number of hydrogen-bond donors (Lipinski definition) is 0. The highest BCUT2D eigenvalue weighted by atomic mass is 35.5. The Bertz CT molecular complexity index is 804. The number of ether oxygens (including phenoxy) is 1. The van der Waals surface area contributed by atoms with Gasteiger partial charge >= 0.3 is 6.18 Å². The molecule has 0 amide bonds. The first-order valence-electron chi connectivity index (χ1n) is 8.30. The third-order valence-electron chi connectivity index (χ3n) is 3.98. The summed E-state index contributed by atoms with van der Waals surface area (Å²) in [6.45, 7) is 1.08. The fraction of sp³-hybridized carbons (Fsp3) is 0.263. The monoisotopic (exact) mass is 395 g/mol. The summed E-state index contributed by atoms with van der Waals surface area (Å²) < 4.78 is 43.8. The molecule has 0 radical (unpaired) electrons. The Morgan fingerprint density at radius 1 is 1.04 bits per heavy atom. The van der Waals surface area contributed by atoms with Crippen molar-refractivity contribution < 1.29 is 17.9 Å². The van der Waals surface area contributed by atoms with Crippen LogP contribution < -0.4 is 4.74 Å². The summed E-state index contributed by atoms with van der Waals surface area (Å²) in [7, 11) is 0. The van der Waals surface area contributed by atoms with Gasteiger partial charge in [0, 0.05) is 11.6 Å². The molecule has 0 fully saturated rings. The van der Waals surface area contributed by atoms with E-state index in [2.05, 4.69) is 9.98 Å². The van der Waals surface area contributed by atoms with Crippen LogP contribution in [0.1, 0.15) is 23.7 Å². The minimum atomic E-state index is -4.35. The van der Waals surface area contributed by atoms with Crippen LogP contribution in [0.5, 0.6) is 5.75 Å². The van der Waals surface area contributed by atoms with E-state index in [0.29, 0.717) is 30.2 Å². The van der Waals surface area contributed by atoms with Crippen molar-refractivity contribution in [1.82, 2.24) is 4.90 Å². The SMILES string of the molecule is FC(F)(F)c1ccc(C2N=CN=CN2CCCOc2ccc(Cl)cc2)cc1. The van der Waals surface area contributed by atoms with Gasteiger partial charge in [-0.2, -0.15) is 13.2 Å². The Balaban J connectivity index is 1.56. The molecule has 0 bridgehead atoms. The van der Waals surface area contributed by atoms with Gasteiger partial charge < -0.3 is 9.64 Å². The zero-order valence-corrected chi connectivity index (χ0v) is 15.0. The number of nitrogens with zero attached hydrogens (tertiary/aromatic N) is 3. The lowest BCUT2D eigenvalue weighted by molar-refractivity contribution is -0.137. The maximum absolute atomic E-state index is 12.7. The van der Waals surface area contributed by atoms with E-state index in [1.807, 2.05) is 4.90 Å². The molecule has 0 saturated heterocycles.